The van der Waals surface area contributed by atoms with Gasteiger partial charge in [0.1, 0.15) is 29.5 Å². The summed E-state index contributed by atoms with van der Waals surface area (Å²) in [5.41, 5.74) is 3.17. The van der Waals surface area contributed by atoms with Gasteiger partial charge in [0.15, 0.2) is 22.2 Å². The molecule has 0 aliphatic carbocycles. The second kappa shape index (κ2) is 13.0. The van der Waals surface area contributed by atoms with Crippen molar-refractivity contribution in [2.45, 2.75) is 19.4 Å². The Bertz CT molecular complexity index is 2240. The van der Waals surface area contributed by atoms with Gasteiger partial charge in [0, 0.05) is 35.5 Å². The summed E-state index contributed by atoms with van der Waals surface area (Å²) in [6, 6.07) is 32.6. The van der Waals surface area contributed by atoms with E-state index in [9.17, 15) is 9.59 Å². The van der Waals surface area contributed by atoms with Gasteiger partial charge in [-0.2, -0.15) is 0 Å². The molecule has 4 aromatic carbocycles. The highest BCUT2D eigenvalue weighted by atomic mass is 16.5. The first-order valence-corrected chi connectivity index (χ1v) is 15.0. The SMILES string of the molecule is O=c1cc(-c2ccccc2)oc2cc(OCCCc3cn(CCOc4cccc5c(=O)cc(-c6ccccc6)oc45)nn3)ccc12. The van der Waals surface area contributed by atoms with E-state index in [2.05, 4.69) is 10.3 Å². The summed E-state index contributed by atoms with van der Waals surface area (Å²) in [6.07, 6.45) is 3.29. The van der Waals surface area contributed by atoms with E-state index >= 15 is 0 Å². The van der Waals surface area contributed by atoms with Crippen molar-refractivity contribution in [2.24, 2.45) is 0 Å². The molecular formula is C37H29N3O6. The van der Waals surface area contributed by atoms with Crippen LogP contribution in [-0.2, 0) is 13.0 Å². The van der Waals surface area contributed by atoms with Crippen molar-refractivity contribution in [3.05, 3.63) is 142 Å². The minimum absolute atomic E-state index is 0.0962. The Labute approximate surface area is 263 Å². The lowest BCUT2D eigenvalue weighted by Gasteiger charge is -2.09. The van der Waals surface area contributed by atoms with Gasteiger partial charge in [-0.25, -0.2) is 4.68 Å². The maximum atomic E-state index is 12.8. The molecule has 3 heterocycles. The van der Waals surface area contributed by atoms with E-state index < -0.39 is 0 Å². The molecule has 0 bridgehead atoms. The molecule has 7 rings (SSSR count). The van der Waals surface area contributed by atoms with E-state index in [1.807, 2.05) is 66.9 Å². The molecule has 0 unspecified atom stereocenters. The number of benzene rings is 4. The molecular weight excluding hydrogens is 582 g/mol. The van der Waals surface area contributed by atoms with Gasteiger partial charge in [-0.3, -0.25) is 9.59 Å². The lowest BCUT2D eigenvalue weighted by Crippen LogP contribution is -2.09. The molecule has 0 aliphatic rings. The molecule has 0 fully saturated rings. The van der Waals surface area contributed by atoms with Gasteiger partial charge in [0.05, 0.1) is 29.6 Å². The van der Waals surface area contributed by atoms with Crippen LogP contribution >= 0.6 is 0 Å². The number of aryl methyl sites for hydroxylation is 1. The average Bonchev–Trinajstić information content (AvgIpc) is 3.55. The van der Waals surface area contributed by atoms with Crippen molar-refractivity contribution >= 4 is 21.9 Å². The molecule has 7 aromatic rings. The van der Waals surface area contributed by atoms with E-state index in [1.165, 1.54) is 12.1 Å². The molecule has 0 saturated heterocycles. The largest absolute Gasteiger partial charge is 0.493 e. The van der Waals surface area contributed by atoms with Crippen LogP contribution in [-0.4, -0.2) is 28.2 Å². The van der Waals surface area contributed by atoms with Crippen molar-refractivity contribution in [3.63, 3.8) is 0 Å². The van der Waals surface area contributed by atoms with Gasteiger partial charge in [-0.1, -0.05) is 71.9 Å². The molecule has 46 heavy (non-hydrogen) atoms. The predicted molar refractivity (Wildman–Crippen MR) is 175 cm³/mol. The maximum absolute atomic E-state index is 12.8. The molecule has 0 amide bonds. The van der Waals surface area contributed by atoms with Gasteiger partial charge in [-0.05, 0) is 37.1 Å². The number of para-hydroxylation sites is 1. The third-order valence-electron chi connectivity index (χ3n) is 7.55. The molecule has 0 spiro atoms. The van der Waals surface area contributed by atoms with Crippen molar-refractivity contribution in [2.75, 3.05) is 13.2 Å². The second-order valence-electron chi connectivity index (χ2n) is 10.7. The Morgan fingerprint density at radius 1 is 0.674 bits per heavy atom. The molecule has 228 valence electrons. The highest BCUT2D eigenvalue weighted by Crippen LogP contribution is 2.29. The number of hydrogen-bond donors (Lipinski definition) is 0. The van der Waals surface area contributed by atoms with Crippen LogP contribution in [0.3, 0.4) is 0 Å². The first-order chi connectivity index (χ1) is 22.6. The minimum Gasteiger partial charge on any atom is -0.493 e. The quantitative estimate of drug-likeness (QED) is 0.145. The Kier molecular flexibility index (Phi) is 8.11. The lowest BCUT2D eigenvalue weighted by atomic mass is 10.1. The van der Waals surface area contributed by atoms with Crippen molar-refractivity contribution in [1.29, 1.82) is 0 Å². The molecule has 9 nitrogen and oxygen atoms in total. The van der Waals surface area contributed by atoms with Gasteiger partial charge < -0.3 is 18.3 Å². The summed E-state index contributed by atoms with van der Waals surface area (Å²) in [4.78, 5) is 25.4. The summed E-state index contributed by atoms with van der Waals surface area (Å²) in [7, 11) is 0. The van der Waals surface area contributed by atoms with Gasteiger partial charge in [0.2, 0.25) is 0 Å². The zero-order chi connectivity index (χ0) is 31.3. The Hall–Kier alpha value is -5.96. The van der Waals surface area contributed by atoms with E-state index in [4.69, 9.17) is 18.3 Å². The van der Waals surface area contributed by atoms with E-state index in [0.29, 0.717) is 71.1 Å². The van der Waals surface area contributed by atoms with Gasteiger partial charge in [-0.15, -0.1) is 5.10 Å². The van der Waals surface area contributed by atoms with Crippen LogP contribution < -0.4 is 20.3 Å². The van der Waals surface area contributed by atoms with Crippen LogP contribution in [0.5, 0.6) is 11.5 Å². The summed E-state index contributed by atoms with van der Waals surface area (Å²) in [5.74, 6) is 2.13. The fraction of sp³-hybridized carbons (Fsp3) is 0.135. The molecule has 0 atom stereocenters. The number of nitrogens with zero attached hydrogens (tertiary/aromatic N) is 3. The third-order valence-corrected chi connectivity index (χ3v) is 7.55. The second-order valence-corrected chi connectivity index (χ2v) is 10.7. The number of hydrogen-bond acceptors (Lipinski definition) is 8. The standard InChI is InChI=1S/C37H29N3O6/c41-31-22-34(25-9-3-1-4-10-25)45-36-21-28(16-17-29(31)36)43-19-8-13-27-24-40(39-38-27)18-20-44-33-15-7-14-30-32(42)23-35(46-37(30)33)26-11-5-2-6-12-26/h1-7,9-12,14-17,21-24H,8,13,18-20H2. The number of ether oxygens (including phenoxy) is 2. The number of aromatic nitrogens is 3. The normalized spacial score (nSPS) is 11.2. The van der Waals surface area contributed by atoms with Crippen molar-refractivity contribution in [1.82, 2.24) is 15.0 Å². The van der Waals surface area contributed by atoms with E-state index in [1.54, 1.807) is 41.1 Å². The molecule has 9 heteroatoms. The zero-order valence-electron chi connectivity index (χ0n) is 24.8. The molecule has 0 saturated carbocycles. The predicted octanol–water partition coefficient (Wildman–Crippen LogP) is 6.92. The van der Waals surface area contributed by atoms with Crippen LogP contribution in [0.15, 0.2) is 134 Å². The van der Waals surface area contributed by atoms with Crippen molar-refractivity contribution < 1.29 is 18.3 Å². The highest BCUT2D eigenvalue weighted by molar-refractivity contribution is 5.84. The zero-order valence-corrected chi connectivity index (χ0v) is 24.8. The monoisotopic (exact) mass is 611 g/mol. The fourth-order valence-corrected chi connectivity index (χ4v) is 5.23. The highest BCUT2D eigenvalue weighted by Gasteiger charge is 2.12. The van der Waals surface area contributed by atoms with Crippen LogP contribution in [0.25, 0.3) is 44.6 Å². The van der Waals surface area contributed by atoms with Crippen LogP contribution in [0.2, 0.25) is 0 Å². The molecule has 0 N–H and O–H groups in total. The van der Waals surface area contributed by atoms with Gasteiger partial charge >= 0.3 is 0 Å². The first kappa shape index (κ1) is 28.8. The first-order valence-electron chi connectivity index (χ1n) is 15.0. The topological polar surface area (TPSA) is 110 Å². The van der Waals surface area contributed by atoms with E-state index in [0.717, 1.165) is 23.2 Å². The number of rotatable bonds is 11. The molecule has 0 aliphatic heterocycles. The lowest BCUT2D eigenvalue weighted by molar-refractivity contribution is 0.289. The third kappa shape index (κ3) is 6.30. The van der Waals surface area contributed by atoms with Crippen LogP contribution in [0.4, 0.5) is 0 Å². The molecule has 3 aromatic heterocycles. The summed E-state index contributed by atoms with van der Waals surface area (Å²) < 4.78 is 25.8. The van der Waals surface area contributed by atoms with Crippen LogP contribution in [0.1, 0.15) is 12.1 Å². The van der Waals surface area contributed by atoms with Gasteiger partial charge in [0.25, 0.3) is 0 Å². The Morgan fingerprint density at radius 2 is 1.39 bits per heavy atom. The van der Waals surface area contributed by atoms with Crippen molar-refractivity contribution in [3.8, 4) is 34.1 Å². The van der Waals surface area contributed by atoms with Crippen LogP contribution in [0, 0.1) is 0 Å². The summed E-state index contributed by atoms with van der Waals surface area (Å²) in [5, 5.41) is 9.47. The number of fused-ring (bicyclic) bond motifs is 2. The Balaban J connectivity index is 0.934. The maximum Gasteiger partial charge on any atom is 0.193 e. The molecule has 0 radical (unpaired) electrons. The minimum atomic E-state index is -0.125. The average molecular weight is 612 g/mol. The smallest absolute Gasteiger partial charge is 0.193 e. The summed E-state index contributed by atoms with van der Waals surface area (Å²) >= 11 is 0. The summed E-state index contributed by atoms with van der Waals surface area (Å²) in [6.45, 7) is 1.24. The van der Waals surface area contributed by atoms with E-state index in [-0.39, 0.29) is 10.9 Å². The Morgan fingerprint density at radius 3 is 2.15 bits per heavy atom. The fourth-order valence-electron chi connectivity index (χ4n) is 5.23.